The van der Waals surface area contributed by atoms with Gasteiger partial charge in [-0.3, -0.25) is 4.99 Å². The third-order valence-corrected chi connectivity index (χ3v) is 3.98. The highest BCUT2D eigenvalue weighted by atomic mass is 127. The number of ether oxygens (including phenoxy) is 2. The van der Waals surface area contributed by atoms with Crippen LogP contribution in [0.1, 0.15) is 32.1 Å². The van der Waals surface area contributed by atoms with Gasteiger partial charge in [-0.25, -0.2) is 0 Å². The number of methoxy groups -OCH3 is 2. The summed E-state index contributed by atoms with van der Waals surface area (Å²) in [5.41, 5.74) is 5.95. The molecule has 0 radical (unpaired) electrons. The summed E-state index contributed by atoms with van der Waals surface area (Å²) in [6, 6.07) is 5.42. The molecule has 130 valence electrons. The number of guanidine groups is 1. The fourth-order valence-corrected chi connectivity index (χ4v) is 2.70. The molecule has 1 aliphatic carbocycles. The lowest BCUT2D eigenvalue weighted by Crippen LogP contribution is -2.36. The van der Waals surface area contributed by atoms with E-state index < -0.39 is 5.60 Å². The van der Waals surface area contributed by atoms with Crippen LogP contribution in [-0.4, -0.2) is 37.4 Å². The zero-order valence-corrected chi connectivity index (χ0v) is 16.0. The molecule has 0 heterocycles. The lowest BCUT2D eigenvalue weighted by Gasteiger charge is -2.30. The first-order valence-electron chi connectivity index (χ1n) is 7.58. The minimum Gasteiger partial charge on any atom is -0.493 e. The summed E-state index contributed by atoms with van der Waals surface area (Å²) >= 11 is 0. The summed E-state index contributed by atoms with van der Waals surface area (Å²) in [5, 5.41) is 13.4. The van der Waals surface area contributed by atoms with E-state index in [0.717, 1.165) is 31.4 Å². The molecular weight excluding hydrogens is 409 g/mol. The summed E-state index contributed by atoms with van der Waals surface area (Å²) in [6.45, 7) is 0.332. The van der Waals surface area contributed by atoms with E-state index in [1.165, 1.54) is 6.42 Å². The van der Waals surface area contributed by atoms with E-state index in [-0.39, 0.29) is 29.9 Å². The predicted octanol–water partition coefficient (Wildman–Crippen LogP) is 2.74. The fourth-order valence-electron chi connectivity index (χ4n) is 2.70. The molecule has 0 amide bonds. The smallest absolute Gasteiger partial charge is 0.193 e. The SMILES string of the molecule is COc1ccc(NC(N)=NCC2(O)CCCCC2)cc1OC.I. The van der Waals surface area contributed by atoms with E-state index in [2.05, 4.69) is 10.3 Å². The number of halogens is 1. The monoisotopic (exact) mass is 435 g/mol. The molecule has 2 rings (SSSR count). The minimum absolute atomic E-state index is 0. The maximum absolute atomic E-state index is 10.4. The van der Waals surface area contributed by atoms with Crippen LogP contribution in [0.3, 0.4) is 0 Å². The lowest BCUT2D eigenvalue weighted by atomic mass is 9.85. The zero-order chi connectivity index (χ0) is 16.0. The standard InChI is InChI=1S/C16H25N3O3.HI/c1-21-13-7-6-12(10-14(13)22-2)19-15(17)18-11-16(20)8-4-3-5-9-16;/h6-7,10,20H,3-5,8-9,11H2,1-2H3,(H3,17,18,19);1H. The molecule has 0 unspecified atom stereocenters. The van der Waals surface area contributed by atoms with E-state index >= 15 is 0 Å². The van der Waals surface area contributed by atoms with Gasteiger partial charge in [0.25, 0.3) is 0 Å². The highest BCUT2D eigenvalue weighted by Crippen LogP contribution is 2.30. The van der Waals surface area contributed by atoms with Crippen molar-refractivity contribution in [3.8, 4) is 11.5 Å². The van der Waals surface area contributed by atoms with Crippen molar-refractivity contribution in [2.75, 3.05) is 26.1 Å². The molecule has 23 heavy (non-hydrogen) atoms. The summed E-state index contributed by atoms with van der Waals surface area (Å²) in [4.78, 5) is 4.27. The van der Waals surface area contributed by atoms with E-state index in [1.807, 2.05) is 6.07 Å². The average Bonchev–Trinajstić information content (AvgIpc) is 2.53. The molecule has 1 aliphatic rings. The largest absolute Gasteiger partial charge is 0.493 e. The number of aliphatic hydroxyl groups is 1. The maximum Gasteiger partial charge on any atom is 0.193 e. The Morgan fingerprint density at radius 3 is 2.48 bits per heavy atom. The molecule has 0 aromatic heterocycles. The van der Waals surface area contributed by atoms with Crippen LogP contribution in [0.15, 0.2) is 23.2 Å². The third kappa shape index (κ3) is 5.72. The van der Waals surface area contributed by atoms with E-state index in [9.17, 15) is 5.11 Å². The fraction of sp³-hybridized carbons (Fsp3) is 0.562. The number of hydrogen-bond donors (Lipinski definition) is 3. The van der Waals surface area contributed by atoms with Crippen LogP contribution in [-0.2, 0) is 0 Å². The molecule has 1 saturated carbocycles. The summed E-state index contributed by atoms with van der Waals surface area (Å²) in [7, 11) is 3.17. The van der Waals surface area contributed by atoms with Crippen molar-refractivity contribution in [3.63, 3.8) is 0 Å². The Kier molecular flexibility index (Phi) is 7.90. The molecule has 7 heteroatoms. The molecule has 1 aromatic carbocycles. The molecule has 6 nitrogen and oxygen atoms in total. The van der Waals surface area contributed by atoms with Gasteiger partial charge in [0.15, 0.2) is 17.5 Å². The molecule has 0 aliphatic heterocycles. The van der Waals surface area contributed by atoms with Crippen molar-refractivity contribution >= 4 is 35.6 Å². The van der Waals surface area contributed by atoms with Crippen molar-refractivity contribution in [1.29, 1.82) is 0 Å². The summed E-state index contributed by atoms with van der Waals surface area (Å²) < 4.78 is 10.4. The highest BCUT2D eigenvalue weighted by Gasteiger charge is 2.28. The normalized spacial score (nSPS) is 17.1. The van der Waals surface area contributed by atoms with Crippen molar-refractivity contribution < 1.29 is 14.6 Å². The van der Waals surface area contributed by atoms with Crippen LogP contribution < -0.4 is 20.5 Å². The molecule has 0 spiro atoms. The number of anilines is 1. The molecule has 4 N–H and O–H groups in total. The second kappa shape index (κ2) is 9.17. The van der Waals surface area contributed by atoms with Crippen LogP contribution in [0.5, 0.6) is 11.5 Å². The van der Waals surface area contributed by atoms with Gasteiger partial charge in [0.2, 0.25) is 0 Å². The zero-order valence-electron chi connectivity index (χ0n) is 13.7. The molecule has 0 bridgehead atoms. The van der Waals surface area contributed by atoms with E-state index in [1.54, 1.807) is 26.4 Å². The van der Waals surface area contributed by atoms with E-state index in [0.29, 0.717) is 18.0 Å². The second-order valence-electron chi connectivity index (χ2n) is 5.68. The lowest BCUT2D eigenvalue weighted by molar-refractivity contribution is 0.0132. The summed E-state index contributed by atoms with van der Waals surface area (Å²) in [6.07, 6.45) is 4.87. The van der Waals surface area contributed by atoms with Gasteiger partial charge in [-0.2, -0.15) is 0 Å². The van der Waals surface area contributed by atoms with Gasteiger partial charge in [-0.05, 0) is 25.0 Å². The Morgan fingerprint density at radius 2 is 1.87 bits per heavy atom. The Bertz CT molecular complexity index is 531. The number of hydrogen-bond acceptors (Lipinski definition) is 4. The molecule has 1 aromatic rings. The molecule has 0 atom stereocenters. The van der Waals surface area contributed by atoms with Crippen LogP contribution in [0, 0.1) is 0 Å². The van der Waals surface area contributed by atoms with Gasteiger partial charge in [0, 0.05) is 11.8 Å². The maximum atomic E-state index is 10.4. The number of rotatable bonds is 5. The average molecular weight is 435 g/mol. The van der Waals surface area contributed by atoms with E-state index in [4.69, 9.17) is 15.2 Å². The Balaban J connectivity index is 0.00000264. The first-order valence-corrected chi connectivity index (χ1v) is 7.58. The number of benzene rings is 1. The molecule has 0 saturated heterocycles. The molecular formula is C16H26IN3O3. The molecule has 1 fully saturated rings. The topological polar surface area (TPSA) is 89.1 Å². The van der Waals surface area contributed by atoms with Crippen LogP contribution in [0.4, 0.5) is 5.69 Å². The van der Waals surface area contributed by atoms with Gasteiger partial charge in [0.05, 0.1) is 26.4 Å². The Labute approximate surface area is 154 Å². The van der Waals surface area contributed by atoms with Gasteiger partial charge < -0.3 is 25.6 Å². The quantitative estimate of drug-likeness (QED) is 0.376. The predicted molar refractivity (Wildman–Crippen MR) is 103 cm³/mol. The van der Waals surface area contributed by atoms with Crippen LogP contribution in [0.25, 0.3) is 0 Å². The number of aliphatic imine (C=N–C) groups is 1. The van der Waals surface area contributed by atoms with Crippen LogP contribution >= 0.6 is 24.0 Å². The van der Waals surface area contributed by atoms with Gasteiger partial charge in [-0.1, -0.05) is 19.3 Å². The number of nitrogens with zero attached hydrogens (tertiary/aromatic N) is 1. The van der Waals surface area contributed by atoms with Gasteiger partial charge >= 0.3 is 0 Å². The first kappa shape index (κ1) is 19.8. The number of nitrogens with one attached hydrogen (secondary N) is 1. The Morgan fingerprint density at radius 1 is 1.22 bits per heavy atom. The van der Waals surface area contributed by atoms with Crippen molar-refractivity contribution in [2.45, 2.75) is 37.7 Å². The first-order chi connectivity index (χ1) is 10.6. The van der Waals surface area contributed by atoms with Crippen molar-refractivity contribution in [1.82, 2.24) is 0 Å². The van der Waals surface area contributed by atoms with Crippen molar-refractivity contribution in [3.05, 3.63) is 18.2 Å². The van der Waals surface area contributed by atoms with Gasteiger partial charge in [-0.15, -0.1) is 24.0 Å². The van der Waals surface area contributed by atoms with Crippen molar-refractivity contribution in [2.24, 2.45) is 10.7 Å². The third-order valence-electron chi connectivity index (χ3n) is 3.98. The minimum atomic E-state index is -0.706. The second-order valence-corrected chi connectivity index (χ2v) is 5.68. The Hall–Kier alpha value is -1.22. The number of nitrogens with two attached hydrogens (primary N) is 1. The van der Waals surface area contributed by atoms with Gasteiger partial charge in [0.1, 0.15) is 0 Å². The summed E-state index contributed by atoms with van der Waals surface area (Å²) in [5.74, 6) is 1.55. The highest BCUT2D eigenvalue weighted by molar-refractivity contribution is 14.0. The van der Waals surface area contributed by atoms with Crippen LogP contribution in [0.2, 0.25) is 0 Å².